The molecule has 0 bridgehead atoms. The maximum Gasteiger partial charge on any atom is 0.256 e. The van der Waals surface area contributed by atoms with Gasteiger partial charge in [0.1, 0.15) is 0 Å². The lowest BCUT2D eigenvalue weighted by atomic mass is 10.2. The van der Waals surface area contributed by atoms with Crippen LogP contribution in [0.1, 0.15) is 28.8 Å². The Kier molecular flexibility index (Phi) is 3.81. The number of nitrogens with zero attached hydrogens (tertiary/aromatic N) is 3. The minimum absolute atomic E-state index is 0.0226. The molecule has 0 atom stereocenters. The summed E-state index contributed by atoms with van der Waals surface area (Å²) in [6.45, 7) is 3.71. The average molecular weight is 282 g/mol. The molecular formula is C16H18N4O. The number of benzene rings is 1. The number of hydrogen-bond acceptors (Lipinski definition) is 4. The van der Waals surface area contributed by atoms with Crippen molar-refractivity contribution < 1.29 is 4.79 Å². The molecule has 0 unspecified atom stereocenters. The number of aryl methyl sites for hydroxylation is 1. The third-order valence-electron chi connectivity index (χ3n) is 3.60. The number of amides is 1. The molecule has 3 rings (SSSR count). The fourth-order valence-corrected chi connectivity index (χ4v) is 2.37. The molecule has 2 heterocycles. The van der Waals surface area contributed by atoms with Crippen LogP contribution in [0.15, 0.2) is 36.7 Å². The van der Waals surface area contributed by atoms with E-state index < -0.39 is 0 Å². The summed E-state index contributed by atoms with van der Waals surface area (Å²) in [5.41, 5.74) is 2.68. The van der Waals surface area contributed by atoms with Gasteiger partial charge in [0.2, 0.25) is 5.95 Å². The van der Waals surface area contributed by atoms with Crippen LogP contribution in [0.3, 0.4) is 0 Å². The maximum atomic E-state index is 12.2. The second kappa shape index (κ2) is 5.91. The van der Waals surface area contributed by atoms with Crippen LogP contribution in [0.5, 0.6) is 0 Å². The van der Waals surface area contributed by atoms with Crippen molar-refractivity contribution in [3.05, 3.63) is 47.8 Å². The molecular weight excluding hydrogens is 264 g/mol. The Morgan fingerprint density at radius 1 is 1.10 bits per heavy atom. The third kappa shape index (κ3) is 3.18. The first-order chi connectivity index (χ1) is 10.2. The second-order valence-electron chi connectivity index (χ2n) is 5.29. The Morgan fingerprint density at radius 2 is 1.71 bits per heavy atom. The SMILES string of the molecule is Cc1ccc(Nc2ncc(C(=O)N3CCCC3)cn2)cc1. The van der Waals surface area contributed by atoms with Gasteiger partial charge in [-0.15, -0.1) is 0 Å². The monoisotopic (exact) mass is 282 g/mol. The molecule has 108 valence electrons. The molecule has 1 N–H and O–H groups in total. The molecule has 1 aliphatic heterocycles. The second-order valence-corrected chi connectivity index (χ2v) is 5.29. The van der Waals surface area contributed by atoms with Crippen molar-refractivity contribution in [2.24, 2.45) is 0 Å². The standard InChI is InChI=1S/C16H18N4O/c1-12-4-6-14(7-5-12)19-16-17-10-13(11-18-16)15(21)20-8-2-3-9-20/h4-7,10-11H,2-3,8-9H2,1H3,(H,17,18,19). The van der Waals surface area contributed by atoms with Crippen LogP contribution < -0.4 is 5.32 Å². The maximum absolute atomic E-state index is 12.2. The van der Waals surface area contributed by atoms with E-state index >= 15 is 0 Å². The largest absolute Gasteiger partial charge is 0.339 e. The average Bonchev–Trinajstić information content (AvgIpc) is 3.04. The summed E-state index contributed by atoms with van der Waals surface area (Å²) in [5, 5.41) is 3.12. The van der Waals surface area contributed by atoms with E-state index in [2.05, 4.69) is 15.3 Å². The lowest BCUT2D eigenvalue weighted by Gasteiger charge is -2.14. The lowest BCUT2D eigenvalue weighted by molar-refractivity contribution is 0.0792. The van der Waals surface area contributed by atoms with Crippen LogP contribution in [-0.2, 0) is 0 Å². The van der Waals surface area contributed by atoms with Gasteiger partial charge in [-0.2, -0.15) is 0 Å². The number of nitrogens with one attached hydrogen (secondary N) is 1. The summed E-state index contributed by atoms with van der Waals surface area (Å²) in [6, 6.07) is 7.99. The van der Waals surface area contributed by atoms with Crippen LogP contribution in [-0.4, -0.2) is 33.9 Å². The smallest absolute Gasteiger partial charge is 0.256 e. The summed E-state index contributed by atoms with van der Waals surface area (Å²) < 4.78 is 0. The first-order valence-corrected chi connectivity index (χ1v) is 7.17. The van der Waals surface area contributed by atoms with Crippen LogP contribution in [0.4, 0.5) is 11.6 Å². The zero-order valence-corrected chi connectivity index (χ0v) is 12.0. The number of aromatic nitrogens is 2. The molecule has 1 amide bonds. The molecule has 1 saturated heterocycles. The van der Waals surface area contributed by atoms with E-state index in [1.54, 1.807) is 12.4 Å². The fourth-order valence-electron chi connectivity index (χ4n) is 2.37. The van der Waals surface area contributed by atoms with Gasteiger partial charge in [0.15, 0.2) is 0 Å². The van der Waals surface area contributed by atoms with Gasteiger partial charge in [-0.25, -0.2) is 9.97 Å². The first-order valence-electron chi connectivity index (χ1n) is 7.17. The molecule has 21 heavy (non-hydrogen) atoms. The highest BCUT2D eigenvalue weighted by Gasteiger charge is 2.19. The van der Waals surface area contributed by atoms with Crippen LogP contribution >= 0.6 is 0 Å². The van der Waals surface area contributed by atoms with Gasteiger partial charge < -0.3 is 10.2 Å². The Bertz CT molecular complexity index is 616. The number of carbonyl (C=O) groups excluding carboxylic acids is 1. The summed E-state index contributed by atoms with van der Waals surface area (Å²) >= 11 is 0. The normalized spacial score (nSPS) is 14.2. The quantitative estimate of drug-likeness (QED) is 0.940. The molecule has 0 radical (unpaired) electrons. The molecule has 5 nitrogen and oxygen atoms in total. The molecule has 5 heteroatoms. The number of anilines is 2. The zero-order chi connectivity index (χ0) is 14.7. The predicted molar refractivity (Wildman–Crippen MR) is 81.6 cm³/mol. The van der Waals surface area contributed by atoms with Gasteiger partial charge in [0.05, 0.1) is 5.56 Å². The van der Waals surface area contributed by atoms with Crippen LogP contribution in [0.25, 0.3) is 0 Å². The van der Waals surface area contributed by atoms with E-state index in [9.17, 15) is 4.79 Å². The van der Waals surface area contributed by atoms with Gasteiger partial charge in [-0.1, -0.05) is 17.7 Å². The van der Waals surface area contributed by atoms with Gasteiger partial charge in [0, 0.05) is 31.2 Å². The third-order valence-corrected chi connectivity index (χ3v) is 3.60. The zero-order valence-electron chi connectivity index (χ0n) is 12.0. The van der Waals surface area contributed by atoms with Crippen LogP contribution in [0.2, 0.25) is 0 Å². The molecule has 1 aliphatic rings. The van der Waals surface area contributed by atoms with Gasteiger partial charge >= 0.3 is 0 Å². The van der Waals surface area contributed by atoms with Crippen LogP contribution in [0, 0.1) is 6.92 Å². The van der Waals surface area contributed by atoms with E-state index in [-0.39, 0.29) is 5.91 Å². The number of hydrogen-bond donors (Lipinski definition) is 1. The fraction of sp³-hybridized carbons (Fsp3) is 0.312. The molecule has 1 fully saturated rings. The van der Waals surface area contributed by atoms with Gasteiger partial charge in [-0.05, 0) is 31.9 Å². The highest BCUT2D eigenvalue weighted by atomic mass is 16.2. The van der Waals surface area contributed by atoms with E-state index in [1.807, 2.05) is 36.1 Å². The molecule has 0 spiro atoms. The molecule has 0 aliphatic carbocycles. The van der Waals surface area contributed by atoms with Gasteiger partial charge in [-0.3, -0.25) is 4.79 Å². The van der Waals surface area contributed by atoms with Crippen molar-refractivity contribution >= 4 is 17.5 Å². The molecule has 1 aromatic carbocycles. The Balaban J connectivity index is 1.68. The number of rotatable bonds is 3. The summed E-state index contributed by atoms with van der Waals surface area (Å²) in [6.07, 6.45) is 5.34. The lowest BCUT2D eigenvalue weighted by Crippen LogP contribution is -2.27. The topological polar surface area (TPSA) is 58.1 Å². The van der Waals surface area contributed by atoms with E-state index in [1.165, 1.54) is 5.56 Å². The van der Waals surface area contributed by atoms with Gasteiger partial charge in [0.25, 0.3) is 5.91 Å². The summed E-state index contributed by atoms with van der Waals surface area (Å²) in [5.74, 6) is 0.520. The summed E-state index contributed by atoms with van der Waals surface area (Å²) in [4.78, 5) is 22.5. The Hall–Kier alpha value is -2.43. The highest BCUT2D eigenvalue weighted by Crippen LogP contribution is 2.15. The van der Waals surface area contributed by atoms with Crippen molar-refractivity contribution in [1.82, 2.24) is 14.9 Å². The number of likely N-dealkylation sites (tertiary alicyclic amines) is 1. The van der Waals surface area contributed by atoms with Crippen molar-refractivity contribution in [3.8, 4) is 0 Å². The van der Waals surface area contributed by atoms with E-state index in [0.717, 1.165) is 31.6 Å². The molecule has 2 aromatic rings. The molecule has 1 aromatic heterocycles. The Morgan fingerprint density at radius 3 is 2.33 bits per heavy atom. The predicted octanol–water partition coefficient (Wildman–Crippen LogP) is 2.76. The number of carbonyl (C=O) groups is 1. The highest BCUT2D eigenvalue weighted by molar-refractivity contribution is 5.93. The first kappa shape index (κ1) is 13.5. The van der Waals surface area contributed by atoms with Crippen molar-refractivity contribution in [1.29, 1.82) is 0 Å². The molecule has 0 saturated carbocycles. The van der Waals surface area contributed by atoms with Crippen molar-refractivity contribution in [2.75, 3.05) is 18.4 Å². The Labute approximate surface area is 124 Å². The minimum Gasteiger partial charge on any atom is -0.339 e. The van der Waals surface area contributed by atoms with E-state index in [4.69, 9.17) is 0 Å². The minimum atomic E-state index is 0.0226. The van der Waals surface area contributed by atoms with Crippen molar-refractivity contribution in [3.63, 3.8) is 0 Å². The summed E-state index contributed by atoms with van der Waals surface area (Å²) in [7, 11) is 0. The van der Waals surface area contributed by atoms with Crippen molar-refractivity contribution in [2.45, 2.75) is 19.8 Å². The van der Waals surface area contributed by atoms with E-state index in [0.29, 0.717) is 11.5 Å².